The zero-order chi connectivity index (χ0) is 30.3. The van der Waals surface area contributed by atoms with E-state index in [1.165, 1.54) is 13.2 Å². The van der Waals surface area contributed by atoms with Gasteiger partial charge in [0.1, 0.15) is 29.0 Å². The summed E-state index contributed by atoms with van der Waals surface area (Å²) in [7, 11) is 1.41. The van der Waals surface area contributed by atoms with Gasteiger partial charge in [-0.1, -0.05) is 24.8 Å². The smallest absolute Gasteiger partial charge is 0.318 e. The van der Waals surface area contributed by atoms with Gasteiger partial charge in [-0.3, -0.25) is 4.79 Å². The molecule has 0 fully saturated rings. The Labute approximate surface area is 240 Å². The fourth-order valence-corrected chi connectivity index (χ4v) is 4.89. The van der Waals surface area contributed by atoms with E-state index < -0.39 is 11.7 Å². The maximum atomic E-state index is 16.4. The van der Waals surface area contributed by atoms with E-state index in [2.05, 4.69) is 32.9 Å². The van der Waals surface area contributed by atoms with E-state index in [9.17, 15) is 10.1 Å². The van der Waals surface area contributed by atoms with Crippen molar-refractivity contribution in [1.29, 1.82) is 5.26 Å². The number of halogens is 1. The number of nitrogens with zero attached hydrogens (tertiary/aromatic N) is 5. The van der Waals surface area contributed by atoms with Crippen molar-refractivity contribution in [2.24, 2.45) is 11.7 Å². The Kier molecular flexibility index (Phi) is 10.6. The number of anilines is 1. The first-order valence-corrected chi connectivity index (χ1v) is 13.5. The Morgan fingerprint density at radius 3 is 2.66 bits per heavy atom. The quantitative estimate of drug-likeness (QED) is 0.233. The van der Waals surface area contributed by atoms with Crippen LogP contribution in [-0.4, -0.2) is 59.7 Å². The highest BCUT2D eigenvalue weighted by Crippen LogP contribution is 2.40. The Hall–Kier alpha value is -4.30. The number of carbonyl (C=O) groups is 1. The highest BCUT2D eigenvalue weighted by molar-refractivity contribution is 5.97. The molecule has 41 heavy (non-hydrogen) atoms. The van der Waals surface area contributed by atoms with Gasteiger partial charge in [-0.05, 0) is 58.3 Å². The molecule has 1 aliphatic heterocycles. The van der Waals surface area contributed by atoms with E-state index in [1.807, 2.05) is 31.7 Å². The van der Waals surface area contributed by atoms with Crippen LogP contribution in [0, 0.1) is 23.1 Å². The maximum absolute atomic E-state index is 16.4. The lowest BCUT2D eigenvalue weighted by Crippen LogP contribution is -2.45. The van der Waals surface area contributed by atoms with Gasteiger partial charge in [0.15, 0.2) is 5.82 Å². The molecule has 3 rings (SSSR count). The minimum atomic E-state index is -0.679. The lowest BCUT2D eigenvalue weighted by Gasteiger charge is -2.35. The predicted molar refractivity (Wildman–Crippen MR) is 158 cm³/mol. The standard InChI is InChI=1S/C30H38FN7O3/c1-8-11-21(18(5)17(4)16-32)26-25(31)27-24-28(37-30(36-27)40-7)38(14-15-41-29(24)35-26)22(20(9-2)19(6)33)12-13-34-23(39)10-3/h8-11,17,19,22H,3,12-15,33H2,1-2,4-7H3,(H,34,39)/b11-8-,20-9+,21-18-. The van der Waals surface area contributed by atoms with Crippen LogP contribution in [0.4, 0.5) is 10.2 Å². The Morgan fingerprint density at radius 2 is 2.07 bits per heavy atom. The molecule has 10 nitrogen and oxygen atoms in total. The van der Waals surface area contributed by atoms with Crippen LogP contribution in [0.5, 0.6) is 11.9 Å². The number of amides is 1. The van der Waals surface area contributed by atoms with E-state index in [4.69, 9.17) is 15.2 Å². The van der Waals surface area contributed by atoms with Gasteiger partial charge in [-0.25, -0.2) is 9.37 Å². The summed E-state index contributed by atoms with van der Waals surface area (Å²) in [4.78, 5) is 27.5. The van der Waals surface area contributed by atoms with Crippen molar-refractivity contribution in [2.45, 2.75) is 53.1 Å². The van der Waals surface area contributed by atoms with Gasteiger partial charge in [0.25, 0.3) is 0 Å². The van der Waals surface area contributed by atoms with Crippen LogP contribution in [0.2, 0.25) is 0 Å². The third kappa shape index (κ3) is 6.55. The molecular formula is C30H38FN7O3. The first-order valence-electron chi connectivity index (χ1n) is 13.5. The summed E-state index contributed by atoms with van der Waals surface area (Å²) in [5.74, 6) is -0.869. The lowest BCUT2D eigenvalue weighted by molar-refractivity contribution is -0.116. The average Bonchev–Trinajstić information content (AvgIpc) is 3.15. The second-order valence-corrected chi connectivity index (χ2v) is 9.70. The number of rotatable bonds is 11. The Morgan fingerprint density at radius 1 is 1.34 bits per heavy atom. The van der Waals surface area contributed by atoms with E-state index in [0.29, 0.717) is 41.9 Å². The fraction of sp³-hybridized carbons (Fsp3) is 0.433. The summed E-state index contributed by atoms with van der Waals surface area (Å²) in [6.45, 7) is 13.6. The summed E-state index contributed by atoms with van der Waals surface area (Å²) >= 11 is 0. The lowest BCUT2D eigenvalue weighted by atomic mass is 9.94. The first kappa shape index (κ1) is 31.2. The summed E-state index contributed by atoms with van der Waals surface area (Å²) in [6.07, 6.45) is 7.14. The molecule has 11 heteroatoms. The van der Waals surface area contributed by atoms with Crippen molar-refractivity contribution in [2.75, 3.05) is 31.7 Å². The molecule has 1 aliphatic rings. The largest absolute Gasteiger partial charge is 0.475 e. The Balaban J connectivity index is 2.33. The molecular weight excluding hydrogens is 525 g/mol. The molecule has 0 bridgehead atoms. The summed E-state index contributed by atoms with van der Waals surface area (Å²) in [5.41, 5.74) is 8.44. The number of allylic oxidation sites excluding steroid dienone is 5. The number of aromatic nitrogens is 3. The molecule has 3 unspecified atom stereocenters. The fourth-order valence-electron chi connectivity index (χ4n) is 4.89. The summed E-state index contributed by atoms with van der Waals surface area (Å²) < 4.78 is 28.0. The number of nitrogens with two attached hydrogens (primary N) is 1. The van der Waals surface area contributed by atoms with Crippen LogP contribution >= 0.6 is 0 Å². The van der Waals surface area contributed by atoms with Gasteiger partial charge in [0.05, 0.1) is 31.7 Å². The molecule has 0 spiro atoms. The van der Waals surface area contributed by atoms with Crippen molar-refractivity contribution >= 4 is 28.2 Å². The van der Waals surface area contributed by atoms with Gasteiger partial charge in [0.2, 0.25) is 11.8 Å². The molecule has 3 heterocycles. The molecule has 0 saturated carbocycles. The number of ether oxygens (including phenoxy) is 2. The number of carbonyl (C=O) groups excluding carboxylic acids is 1. The topological polar surface area (TPSA) is 139 Å². The van der Waals surface area contributed by atoms with Crippen molar-refractivity contribution in [3.05, 3.63) is 53.5 Å². The first-order chi connectivity index (χ1) is 19.6. The van der Waals surface area contributed by atoms with E-state index >= 15 is 4.39 Å². The number of hydrogen-bond acceptors (Lipinski definition) is 9. The molecule has 0 aliphatic carbocycles. The highest BCUT2D eigenvalue weighted by atomic mass is 19.1. The molecule has 3 N–H and O–H groups in total. The highest BCUT2D eigenvalue weighted by Gasteiger charge is 2.33. The normalized spacial score (nSPS) is 16.3. The second kappa shape index (κ2) is 13.9. The minimum absolute atomic E-state index is 0.0142. The van der Waals surface area contributed by atoms with Crippen LogP contribution in [-0.2, 0) is 4.79 Å². The van der Waals surface area contributed by atoms with E-state index in [-0.39, 0.29) is 47.7 Å². The summed E-state index contributed by atoms with van der Waals surface area (Å²) in [5, 5.41) is 12.6. The van der Waals surface area contributed by atoms with E-state index in [0.717, 1.165) is 5.57 Å². The number of nitrogens with one attached hydrogen (secondary N) is 1. The molecule has 218 valence electrons. The predicted octanol–water partition coefficient (Wildman–Crippen LogP) is 4.23. The molecule has 2 aromatic heterocycles. The van der Waals surface area contributed by atoms with Crippen molar-refractivity contribution in [3.63, 3.8) is 0 Å². The zero-order valence-electron chi connectivity index (χ0n) is 24.5. The van der Waals surface area contributed by atoms with Gasteiger partial charge in [0, 0.05) is 18.2 Å². The number of nitriles is 1. The minimum Gasteiger partial charge on any atom is -0.475 e. The molecule has 2 aromatic rings. The van der Waals surface area contributed by atoms with Crippen LogP contribution in [0.15, 0.2) is 42.0 Å². The van der Waals surface area contributed by atoms with Crippen LogP contribution < -0.4 is 25.4 Å². The molecule has 3 atom stereocenters. The third-order valence-corrected chi connectivity index (χ3v) is 7.12. The molecule has 0 saturated heterocycles. The number of hydrogen-bond donors (Lipinski definition) is 2. The van der Waals surface area contributed by atoms with E-state index in [1.54, 1.807) is 26.0 Å². The van der Waals surface area contributed by atoms with Gasteiger partial charge in [-0.2, -0.15) is 15.2 Å². The van der Waals surface area contributed by atoms with Crippen molar-refractivity contribution in [1.82, 2.24) is 20.3 Å². The Bertz CT molecular complexity index is 1440. The third-order valence-electron chi connectivity index (χ3n) is 7.12. The number of methoxy groups -OCH3 is 1. The van der Waals surface area contributed by atoms with Crippen LogP contribution in [0.25, 0.3) is 16.5 Å². The zero-order valence-corrected chi connectivity index (χ0v) is 24.5. The second-order valence-electron chi connectivity index (χ2n) is 9.70. The molecule has 0 radical (unpaired) electrons. The maximum Gasteiger partial charge on any atom is 0.318 e. The van der Waals surface area contributed by atoms with Gasteiger partial charge < -0.3 is 25.4 Å². The van der Waals surface area contributed by atoms with Gasteiger partial charge >= 0.3 is 6.01 Å². The average molecular weight is 564 g/mol. The van der Waals surface area contributed by atoms with Gasteiger partial charge in [-0.15, -0.1) is 0 Å². The molecule has 0 aromatic carbocycles. The van der Waals surface area contributed by atoms with Crippen LogP contribution in [0.3, 0.4) is 0 Å². The monoisotopic (exact) mass is 563 g/mol. The molecule has 1 amide bonds. The van der Waals surface area contributed by atoms with Crippen LogP contribution in [0.1, 0.15) is 46.7 Å². The van der Waals surface area contributed by atoms with Crippen molar-refractivity contribution in [3.8, 4) is 18.0 Å². The van der Waals surface area contributed by atoms with Crippen molar-refractivity contribution < 1.29 is 18.7 Å². The SMILES string of the molecule is C=CC(=O)NCCC(/C(=C/C)C(C)N)N1CCOc2nc(C(/C=C\C)=C(/C)C(C)C#N)c(F)c3nc(OC)nc1c23. The number of pyridine rings is 1. The summed E-state index contributed by atoms with van der Waals surface area (Å²) in [6, 6.07) is 1.56.